The summed E-state index contributed by atoms with van der Waals surface area (Å²) in [4.78, 5) is 20.4. The van der Waals surface area contributed by atoms with Gasteiger partial charge in [0.05, 0.1) is 6.42 Å². The van der Waals surface area contributed by atoms with Gasteiger partial charge in [0.15, 0.2) is 5.82 Å². The van der Waals surface area contributed by atoms with Crippen LogP contribution in [0, 0.1) is 10.7 Å². The Morgan fingerprint density at radius 2 is 2.23 bits per heavy atom. The first-order valence-electron chi connectivity index (χ1n) is 3.47. The van der Waals surface area contributed by atoms with Crippen LogP contribution in [0.5, 0.6) is 0 Å². The van der Waals surface area contributed by atoms with E-state index >= 15 is 0 Å². The molecule has 0 saturated heterocycles. The molecule has 0 radical (unpaired) electrons. The van der Waals surface area contributed by atoms with Gasteiger partial charge in [0, 0.05) is 0 Å². The van der Waals surface area contributed by atoms with Gasteiger partial charge in [0.1, 0.15) is 5.69 Å². The van der Waals surface area contributed by atoms with Crippen LogP contribution in [0.1, 0.15) is 5.56 Å². The van der Waals surface area contributed by atoms with Gasteiger partial charge in [-0.2, -0.15) is 0 Å². The lowest BCUT2D eigenvalue weighted by atomic mass is 10.1. The molecule has 0 bridgehead atoms. The van der Waals surface area contributed by atoms with Crippen LogP contribution < -0.4 is 0 Å². The molecule has 1 aromatic rings. The van der Waals surface area contributed by atoms with Gasteiger partial charge < -0.3 is 5.11 Å². The summed E-state index contributed by atoms with van der Waals surface area (Å²) in [7, 11) is 0. The van der Waals surface area contributed by atoms with E-state index in [0.29, 0.717) is 0 Å². The maximum absolute atomic E-state index is 12.8. The number of carboxylic acid groups (broad SMARTS) is 1. The Morgan fingerprint density at radius 1 is 1.54 bits per heavy atom. The molecule has 0 heterocycles. The highest BCUT2D eigenvalue weighted by Gasteiger charge is 2.11. The zero-order valence-electron chi connectivity index (χ0n) is 6.53. The van der Waals surface area contributed by atoms with Gasteiger partial charge in [-0.15, -0.1) is 4.91 Å². The van der Waals surface area contributed by atoms with Crippen molar-refractivity contribution in [3.05, 3.63) is 34.5 Å². The summed E-state index contributed by atoms with van der Waals surface area (Å²) in [5.41, 5.74) is -0.340. The second-order valence-electron chi connectivity index (χ2n) is 2.41. The number of hydrogen-bond acceptors (Lipinski definition) is 3. The molecule has 1 aromatic carbocycles. The van der Waals surface area contributed by atoms with Crippen LogP contribution in [0.4, 0.5) is 10.1 Å². The van der Waals surface area contributed by atoms with E-state index in [1.54, 1.807) is 0 Å². The van der Waals surface area contributed by atoms with Crippen LogP contribution in [0.15, 0.2) is 23.4 Å². The molecular weight excluding hydrogens is 177 g/mol. The fourth-order valence-corrected chi connectivity index (χ4v) is 0.968. The van der Waals surface area contributed by atoms with Gasteiger partial charge in [-0.1, -0.05) is 12.1 Å². The van der Waals surface area contributed by atoms with E-state index < -0.39 is 23.9 Å². The van der Waals surface area contributed by atoms with Crippen molar-refractivity contribution in [1.29, 1.82) is 0 Å². The first-order valence-corrected chi connectivity index (χ1v) is 3.47. The van der Waals surface area contributed by atoms with E-state index in [9.17, 15) is 14.1 Å². The lowest BCUT2D eigenvalue weighted by molar-refractivity contribution is -0.136. The van der Waals surface area contributed by atoms with Gasteiger partial charge in [-0.3, -0.25) is 4.79 Å². The predicted molar refractivity (Wildman–Crippen MR) is 43.2 cm³/mol. The third kappa shape index (κ3) is 2.08. The quantitative estimate of drug-likeness (QED) is 0.727. The Labute approximate surface area is 73.0 Å². The number of aliphatic carboxylic acids is 1. The van der Waals surface area contributed by atoms with Crippen molar-refractivity contribution in [2.75, 3.05) is 0 Å². The molecule has 0 amide bonds. The smallest absolute Gasteiger partial charge is 0.307 e. The van der Waals surface area contributed by atoms with Crippen molar-refractivity contribution in [3.8, 4) is 0 Å². The average molecular weight is 183 g/mol. The fourth-order valence-electron chi connectivity index (χ4n) is 0.968. The summed E-state index contributed by atoms with van der Waals surface area (Å²) >= 11 is 0. The molecule has 1 N–H and O–H groups in total. The minimum absolute atomic E-state index is 0.0856. The maximum Gasteiger partial charge on any atom is 0.307 e. The zero-order chi connectivity index (χ0) is 9.84. The van der Waals surface area contributed by atoms with Crippen molar-refractivity contribution in [1.82, 2.24) is 0 Å². The summed E-state index contributed by atoms with van der Waals surface area (Å²) in [6, 6.07) is 3.75. The molecule has 0 aromatic heterocycles. The van der Waals surface area contributed by atoms with E-state index in [-0.39, 0.29) is 5.56 Å². The highest BCUT2D eigenvalue weighted by atomic mass is 19.1. The van der Waals surface area contributed by atoms with Gasteiger partial charge in [0.25, 0.3) is 0 Å². The molecule has 13 heavy (non-hydrogen) atoms. The van der Waals surface area contributed by atoms with E-state index in [4.69, 9.17) is 5.11 Å². The van der Waals surface area contributed by atoms with Gasteiger partial charge in [-0.25, -0.2) is 4.39 Å². The molecule has 0 aliphatic heterocycles. The fraction of sp³-hybridized carbons (Fsp3) is 0.125. The number of hydrogen-bond donors (Lipinski definition) is 1. The third-order valence-corrected chi connectivity index (χ3v) is 1.50. The summed E-state index contributed by atoms with van der Waals surface area (Å²) in [5, 5.41) is 10.8. The number of nitrogens with zero attached hydrogens (tertiary/aromatic N) is 1. The molecule has 0 atom stereocenters. The monoisotopic (exact) mass is 183 g/mol. The predicted octanol–water partition coefficient (Wildman–Crippen LogP) is 1.85. The topological polar surface area (TPSA) is 66.7 Å². The number of carboxylic acids is 1. The molecule has 0 aliphatic carbocycles. The van der Waals surface area contributed by atoms with Crippen molar-refractivity contribution in [3.63, 3.8) is 0 Å². The average Bonchev–Trinajstić information content (AvgIpc) is 2.03. The molecule has 68 valence electrons. The van der Waals surface area contributed by atoms with Crippen molar-refractivity contribution in [2.24, 2.45) is 5.18 Å². The first-order chi connectivity index (χ1) is 6.15. The molecule has 5 heteroatoms. The van der Waals surface area contributed by atoms with E-state index in [0.717, 1.165) is 6.07 Å². The molecule has 0 spiro atoms. The lowest BCUT2D eigenvalue weighted by Gasteiger charge is -1.99. The molecule has 1 rings (SSSR count). The van der Waals surface area contributed by atoms with Crippen molar-refractivity contribution >= 4 is 11.7 Å². The number of rotatable bonds is 3. The normalized spacial score (nSPS) is 9.62. The highest BCUT2D eigenvalue weighted by molar-refractivity contribution is 5.72. The molecule has 0 fully saturated rings. The molecule has 0 saturated carbocycles. The Bertz CT molecular complexity index is 351. The Hall–Kier alpha value is -1.78. The number of halogens is 1. The number of nitroso groups, excluding NO2 is 1. The van der Waals surface area contributed by atoms with Crippen molar-refractivity contribution in [2.45, 2.75) is 6.42 Å². The maximum atomic E-state index is 12.8. The SMILES string of the molecule is O=Nc1c(F)cccc1CC(=O)O. The second kappa shape index (κ2) is 3.75. The highest BCUT2D eigenvalue weighted by Crippen LogP contribution is 2.22. The minimum Gasteiger partial charge on any atom is -0.481 e. The largest absolute Gasteiger partial charge is 0.481 e. The standard InChI is InChI=1S/C8H6FNO3/c9-6-3-1-2-5(4-7(11)12)8(6)10-13/h1-3H,4H2,(H,11,12). The van der Waals surface area contributed by atoms with Crippen molar-refractivity contribution < 1.29 is 14.3 Å². The molecule has 4 nitrogen and oxygen atoms in total. The van der Waals surface area contributed by atoms with Crippen LogP contribution >= 0.6 is 0 Å². The minimum atomic E-state index is -1.13. The number of benzene rings is 1. The molecular formula is C8H6FNO3. The van der Waals surface area contributed by atoms with Crippen LogP contribution in [-0.2, 0) is 11.2 Å². The summed E-state index contributed by atoms with van der Waals surface area (Å²) < 4.78 is 12.8. The Kier molecular flexibility index (Phi) is 2.69. The second-order valence-corrected chi connectivity index (χ2v) is 2.41. The summed E-state index contributed by atoms with van der Waals surface area (Å²) in [5.74, 6) is -1.93. The molecule has 0 unspecified atom stereocenters. The van der Waals surface area contributed by atoms with Crippen LogP contribution in [0.25, 0.3) is 0 Å². The van der Waals surface area contributed by atoms with Gasteiger partial charge in [0.2, 0.25) is 0 Å². The lowest BCUT2D eigenvalue weighted by Crippen LogP contribution is -2.00. The van der Waals surface area contributed by atoms with Crippen LogP contribution in [-0.4, -0.2) is 11.1 Å². The van der Waals surface area contributed by atoms with E-state index in [1.165, 1.54) is 12.1 Å². The van der Waals surface area contributed by atoms with Gasteiger partial charge in [-0.05, 0) is 16.8 Å². The van der Waals surface area contributed by atoms with Gasteiger partial charge >= 0.3 is 5.97 Å². The zero-order valence-corrected chi connectivity index (χ0v) is 6.53. The number of carbonyl (C=O) groups is 1. The van der Waals surface area contributed by atoms with E-state index in [1.807, 2.05) is 0 Å². The first kappa shape index (κ1) is 9.31. The molecule has 0 aliphatic rings. The Balaban J connectivity index is 3.12. The van der Waals surface area contributed by atoms with Crippen LogP contribution in [0.3, 0.4) is 0 Å². The van der Waals surface area contributed by atoms with E-state index in [2.05, 4.69) is 5.18 Å². The summed E-state index contributed by atoms with van der Waals surface area (Å²) in [6.45, 7) is 0. The van der Waals surface area contributed by atoms with Crippen LogP contribution in [0.2, 0.25) is 0 Å². The third-order valence-electron chi connectivity index (χ3n) is 1.50. The Morgan fingerprint density at radius 3 is 2.77 bits per heavy atom. The summed E-state index contributed by atoms with van der Waals surface area (Å²) in [6.07, 6.45) is -0.404.